The molecule has 0 amide bonds. The van der Waals surface area contributed by atoms with Gasteiger partial charge >= 0.3 is 0 Å². The Morgan fingerprint density at radius 3 is 1.95 bits per heavy atom. The zero-order chi connectivity index (χ0) is 25.5. The third kappa shape index (κ3) is 2.96. The van der Waals surface area contributed by atoms with Gasteiger partial charge in [-0.1, -0.05) is 103 Å². The van der Waals surface area contributed by atoms with Crippen molar-refractivity contribution in [2.75, 3.05) is 0 Å². The van der Waals surface area contributed by atoms with E-state index in [0.717, 1.165) is 22.6 Å². The van der Waals surface area contributed by atoms with Crippen LogP contribution in [-0.2, 0) is 0 Å². The van der Waals surface area contributed by atoms with E-state index in [1.807, 2.05) is 0 Å². The van der Waals surface area contributed by atoms with Gasteiger partial charge in [-0.3, -0.25) is 0 Å². The third-order valence-corrected chi connectivity index (χ3v) is 8.38. The van der Waals surface area contributed by atoms with Gasteiger partial charge in [-0.2, -0.15) is 0 Å². The Hall–Kier alpha value is -5.14. The maximum absolute atomic E-state index is 6.68. The van der Waals surface area contributed by atoms with Crippen molar-refractivity contribution in [3.05, 3.63) is 133 Å². The van der Waals surface area contributed by atoms with Gasteiger partial charge in [0.25, 0.3) is 0 Å². The van der Waals surface area contributed by atoms with Crippen LogP contribution in [0.25, 0.3) is 76.1 Å². The van der Waals surface area contributed by atoms with Gasteiger partial charge in [-0.15, -0.1) is 0 Å². The van der Waals surface area contributed by atoms with Crippen LogP contribution >= 0.6 is 0 Å². The van der Waals surface area contributed by atoms with Crippen molar-refractivity contribution in [1.29, 1.82) is 0 Å². The molecule has 0 spiro atoms. The van der Waals surface area contributed by atoms with Crippen LogP contribution in [0, 0.1) is 0 Å². The quantitative estimate of drug-likeness (QED) is 0.163. The van der Waals surface area contributed by atoms with Crippen LogP contribution in [0.4, 0.5) is 0 Å². The topological polar surface area (TPSA) is 9.23 Å². The fourth-order valence-corrected chi connectivity index (χ4v) is 6.59. The van der Waals surface area contributed by atoms with Crippen molar-refractivity contribution in [1.82, 2.24) is 0 Å². The number of fused-ring (bicyclic) bond motifs is 8. The first-order chi connectivity index (χ1) is 19.3. The molecule has 1 heteroatoms. The van der Waals surface area contributed by atoms with Gasteiger partial charge in [0, 0.05) is 10.9 Å². The number of ether oxygens (including phenoxy) is 1. The Morgan fingerprint density at radius 1 is 0.333 bits per heavy atom. The predicted octanol–water partition coefficient (Wildman–Crippen LogP) is 10.9. The second-order valence-electron chi connectivity index (χ2n) is 10.5. The Labute approximate surface area is 225 Å². The Kier molecular flexibility index (Phi) is 4.11. The fourth-order valence-electron chi connectivity index (χ4n) is 6.59. The molecular formula is C38H22O. The van der Waals surface area contributed by atoms with Crippen molar-refractivity contribution in [2.45, 2.75) is 0 Å². The van der Waals surface area contributed by atoms with Gasteiger partial charge in [0.1, 0.15) is 11.5 Å². The Morgan fingerprint density at radius 2 is 1.03 bits per heavy atom. The molecule has 8 aromatic carbocycles. The van der Waals surface area contributed by atoms with E-state index >= 15 is 0 Å². The molecule has 9 rings (SSSR count). The van der Waals surface area contributed by atoms with Crippen LogP contribution in [-0.4, -0.2) is 0 Å². The van der Waals surface area contributed by atoms with Crippen LogP contribution in [0.3, 0.4) is 0 Å². The van der Waals surface area contributed by atoms with E-state index in [0.29, 0.717) is 0 Å². The highest BCUT2D eigenvalue weighted by molar-refractivity contribution is 6.18. The lowest BCUT2D eigenvalue weighted by Crippen LogP contribution is -1.98. The molecule has 0 bridgehead atoms. The smallest absolute Gasteiger partial charge is 0.136 e. The first-order valence-electron chi connectivity index (χ1n) is 13.4. The summed E-state index contributed by atoms with van der Waals surface area (Å²) in [5.41, 5.74) is 4.76. The molecular weight excluding hydrogens is 472 g/mol. The predicted molar refractivity (Wildman–Crippen MR) is 165 cm³/mol. The average Bonchev–Trinajstić information content (AvgIpc) is 2.99. The van der Waals surface area contributed by atoms with Gasteiger partial charge < -0.3 is 4.74 Å². The average molecular weight is 495 g/mol. The van der Waals surface area contributed by atoms with Gasteiger partial charge in [-0.05, 0) is 95.5 Å². The molecule has 39 heavy (non-hydrogen) atoms. The molecule has 0 N–H and O–H groups in total. The maximum Gasteiger partial charge on any atom is 0.136 e. The molecule has 1 nitrogen and oxygen atoms in total. The molecule has 0 unspecified atom stereocenters. The summed E-state index contributed by atoms with van der Waals surface area (Å²) >= 11 is 0. The lowest BCUT2D eigenvalue weighted by atomic mass is 9.89. The first kappa shape index (κ1) is 20.9. The van der Waals surface area contributed by atoms with Gasteiger partial charge in [-0.25, -0.2) is 0 Å². The van der Waals surface area contributed by atoms with E-state index in [1.54, 1.807) is 0 Å². The number of benzene rings is 8. The van der Waals surface area contributed by atoms with Gasteiger partial charge in [0.15, 0.2) is 0 Å². The number of hydrogen-bond acceptors (Lipinski definition) is 1. The molecule has 0 aromatic heterocycles. The lowest BCUT2D eigenvalue weighted by molar-refractivity contribution is 0.488. The van der Waals surface area contributed by atoms with Crippen LogP contribution < -0.4 is 4.74 Å². The third-order valence-electron chi connectivity index (χ3n) is 8.38. The normalized spacial score (nSPS) is 12.3. The van der Waals surface area contributed by atoms with Crippen LogP contribution in [0.1, 0.15) is 0 Å². The first-order valence-corrected chi connectivity index (χ1v) is 13.4. The highest BCUT2D eigenvalue weighted by atomic mass is 16.5. The van der Waals surface area contributed by atoms with Crippen LogP contribution in [0.15, 0.2) is 133 Å². The Balaban J connectivity index is 1.30. The summed E-state index contributed by atoms with van der Waals surface area (Å²) in [6.07, 6.45) is 0. The van der Waals surface area contributed by atoms with E-state index < -0.39 is 0 Å². The largest absolute Gasteiger partial charge is 0.456 e. The molecule has 1 heterocycles. The van der Waals surface area contributed by atoms with Crippen molar-refractivity contribution < 1.29 is 4.74 Å². The second-order valence-corrected chi connectivity index (χ2v) is 10.5. The minimum atomic E-state index is 0.908. The lowest BCUT2D eigenvalue weighted by Gasteiger charge is -2.23. The van der Waals surface area contributed by atoms with Crippen molar-refractivity contribution >= 4 is 53.9 Å². The van der Waals surface area contributed by atoms with Crippen LogP contribution in [0.5, 0.6) is 11.5 Å². The van der Waals surface area contributed by atoms with Crippen molar-refractivity contribution in [3.63, 3.8) is 0 Å². The maximum atomic E-state index is 6.68. The fraction of sp³-hybridized carbons (Fsp3) is 0. The number of rotatable bonds is 1. The van der Waals surface area contributed by atoms with Crippen molar-refractivity contribution in [2.24, 2.45) is 0 Å². The minimum Gasteiger partial charge on any atom is -0.456 e. The zero-order valence-corrected chi connectivity index (χ0v) is 21.1. The van der Waals surface area contributed by atoms with Gasteiger partial charge in [0.05, 0.1) is 0 Å². The molecule has 0 radical (unpaired) electrons. The SMILES string of the molecule is c1ccc2cc3c(ccc4cccc(-c5ccc6c(c5)Oc5cc7ccccc7c7cccc-6c57)c43)cc2c1. The summed E-state index contributed by atoms with van der Waals surface area (Å²) < 4.78 is 6.68. The minimum absolute atomic E-state index is 0.908. The summed E-state index contributed by atoms with van der Waals surface area (Å²) in [6.45, 7) is 0. The van der Waals surface area contributed by atoms with E-state index in [9.17, 15) is 0 Å². The van der Waals surface area contributed by atoms with E-state index in [4.69, 9.17) is 4.74 Å². The van der Waals surface area contributed by atoms with E-state index in [-0.39, 0.29) is 0 Å². The van der Waals surface area contributed by atoms with Crippen molar-refractivity contribution in [3.8, 4) is 33.8 Å². The molecule has 8 aromatic rings. The summed E-state index contributed by atoms with van der Waals surface area (Å²) in [4.78, 5) is 0. The highest BCUT2D eigenvalue weighted by Gasteiger charge is 2.22. The summed E-state index contributed by atoms with van der Waals surface area (Å²) in [5.74, 6) is 1.84. The molecule has 0 atom stereocenters. The monoisotopic (exact) mass is 494 g/mol. The summed E-state index contributed by atoms with van der Waals surface area (Å²) in [5, 5.41) is 12.5. The molecule has 0 saturated heterocycles. The van der Waals surface area contributed by atoms with Gasteiger partial charge in [0.2, 0.25) is 0 Å². The molecule has 180 valence electrons. The summed E-state index contributed by atoms with van der Waals surface area (Å²) in [7, 11) is 0. The summed E-state index contributed by atoms with van der Waals surface area (Å²) in [6, 6.07) is 48.4. The zero-order valence-electron chi connectivity index (χ0n) is 21.1. The highest BCUT2D eigenvalue weighted by Crippen LogP contribution is 2.50. The van der Waals surface area contributed by atoms with E-state index in [2.05, 4.69) is 133 Å². The molecule has 0 fully saturated rings. The Bertz CT molecular complexity index is 2310. The second kappa shape index (κ2) is 7.69. The van der Waals surface area contributed by atoms with E-state index in [1.165, 1.54) is 65.0 Å². The molecule has 0 aliphatic carbocycles. The van der Waals surface area contributed by atoms with Crippen LogP contribution in [0.2, 0.25) is 0 Å². The standard InChI is InChI=1S/C38H22O/c1-2-8-25-20-34-27(19-24(25)7-1)16-15-23-10-5-12-30(37(23)34)28-17-18-31-33-14-6-13-32-29-11-4-3-9-26(29)22-36(38(32)33)39-35(31)21-28/h1-22H. The molecule has 1 aliphatic heterocycles. The molecule has 1 aliphatic rings. The molecule has 0 saturated carbocycles. The number of hydrogen-bond donors (Lipinski definition) is 0.